The lowest BCUT2D eigenvalue weighted by atomic mass is 10.0. The standard InChI is InChI=1S/C24H23FN4O3/c1-16-23(24(31)27-21(10-13-30)17-5-7-18(25)8-6-17)22-14-20(9-12-29(22)28-16)32-15-19-4-2-3-11-26-19/h2-9,11-12,14,21,30H,10,13,15H2,1H3,(H,27,31). The van der Waals surface area contributed by atoms with Gasteiger partial charge in [0.15, 0.2) is 0 Å². The van der Waals surface area contributed by atoms with E-state index in [-0.39, 0.29) is 18.3 Å². The minimum Gasteiger partial charge on any atom is -0.487 e. The van der Waals surface area contributed by atoms with Crippen LogP contribution in [0.25, 0.3) is 5.52 Å². The van der Waals surface area contributed by atoms with Gasteiger partial charge in [0.05, 0.1) is 28.5 Å². The van der Waals surface area contributed by atoms with Crippen LogP contribution in [-0.2, 0) is 6.61 Å². The Balaban J connectivity index is 1.58. The Morgan fingerprint density at radius 3 is 2.75 bits per heavy atom. The van der Waals surface area contributed by atoms with Crippen LogP contribution in [0.15, 0.2) is 67.0 Å². The van der Waals surface area contributed by atoms with Crippen LogP contribution in [0.2, 0.25) is 0 Å². The number of aromatic nitrogens is 3. The minimum absolute atomic E-state index is 0.123. The number of benzene rings is 1. The molecule has 0 fully saturated rings. The molecule has 0 radical (unpaired) electrons. The number of fused-ring (bicyclic) bond motifs is 1. The summed E-state index contributed by atoms with van der Waals surface area (Å²) in [6.07, 6.45) is 3.74. The molecular formula is C24H23FN4O3. The maximum absolute atomic E-state index is 13.3. The number of hydrogen-bond donors (Lipinski definition) is 2. The van der Waals surface area contributed by atoms with Crippen LogP contribution in [0.1, 0.15) is 39.8 Å². The maximum Gasteiger partial charge on any atom is 0.255 e. The minimum atomic E-state index is -0.467. The van der Waals surface area contributed by atoms with Gasteiger partial charge < -0.3 is 15.2 Å². The second-order valence-corrected chi connectivity index (χ2v) is 7.35. The molecule has 164 valence electrons. The fourth-order valence-corrected chi connectivity index (χ4v) is 3.53. The summed E-state index contributed by atoms with van der Waals surface area (Å²) in [7, 11) is 0. The normalized spacial score (nSPS) is 12.0. The zero-order chi connectivity index (χ0) is 22.5. The first-order valence-electron chi connectivity index (χ1n) is 10.2. The van der Waals surface area contributed by atoms with Crippen molar-refractivity contribution in [2.75, 3.05) is 6.61 Å². The third kappa shape index (κ3) is 4.76. The topological polar surface area (TPSA) is 88.8 Å². The summed E-state index contributed by atoms with van der Waals surface area (Å²) in [5.74, 6) is -0.107. The van der Waals surface area contributed by atoms with Gasteiger partial charge in [-0.1, -0.05) is 18.2 Å². The molecule has 1 atom stereocenters. The second kappa shape index (κ2) is 9.57. The molecule has 0 spiro atoms. The van der Waals surface area contributed by atoms with E-state index < -0.39 is 6.04 Å². The Bertz CT molecular complexity index is 1210. The van der Waals surface area contributed by atoms with Gasteiger partial charge in [0.1, 0.15) is 18.2 Å². The summed E-state index contributed by atoms with van der Waals surface area (Å²) < 4.78 is 20.8. The smallest absolute Gasteiger partial charge is 0.255 e. The number of pyridine rings is 2. The van der Waals surface area contributed by atoms with Crippen molar-refractivity contribution >= 4 is 11.4 Å². The Labute approximate surface area is 184 Å². The average molecular weight is 434 g/mol. The number of aliphatic hydroxyl groups excluding tert-OH is 1. The lowest BCUT2D eigenvalue weighted by molar-refractivity contribution is 0.0931. The summed E-state index contributed by atoms with van der Waals surface area (Å²) in [6, 6.07) is 14.5. The molecule has 2 N–H and O–H groups in total. The van der Waals surface area contributed by atoms with E-state index in [9.17, 15) is 14.3 Å². The number of carbonyl (C=O) groups excluding carboxylic acids is 1. The van der Waals surface area contributed by atoms with E-state index in [0.29, 0.717) is 41.1 Å². The van der Waals surface area contributed by atoms with Gasteiger partial charge in [-0.25, -0.2) is 8.91 Å². The number of ether oxygens (including phenoxy) is 1. The maximum atomic E-state index is 13.3. The molecule has 4 rings (SSSR count). The van der Waals surface area contributed by atoms with Gasteiger partial charge in [-0.3, -0.25) is 9.78 Å². The molecule has 3 heterocycles. The number of nitrogens with zero attached hydrogens (tertiary/aromatic N) is 3. The highest BCUT2D eigenvalue weighted by atomic mass is 19.1. The second-order valence-electron chi connectivity index (χ2n) is 7.35. The number of aryl methyl sites for hydroxylation is 1. The first-order valence-corrected chi connectivity index (χ1v) is 10.2. The molecule has 3 aromatic heterocycles. The molecule has 4 aromatic rings. The van der Waals surface area contributed by atoms with Crippen LogP contribution >= 0.6 is 0 Å². The molecule has 1 aromatic carbocycles. The number of amides is 1. The molecule has 0 aliphatic carbocycles. The van der Waals surface area contributed by atoms with E-state index in [1.807, 2.05) is 18.2 Å². The van der Waals surface area contributed by atoms with Crippen LogP contribution in [0.5, 0.6) is 5.75 Å². The largest absolute Gasteiger partial charge is 0.487 e. The first-order chi connectivity index (χ1) is 15.5. The third-order valence-electron chi connectivity index (χ3n) is 5.12. The molecule has 0 aliphatic heterocycles. The van der Waals surface area contributed by atoms with Crippen molar-refractivity contribution < 1.29 is 19.0 Å². The van der Waals surface area contributed by atoms with Gasteiger partial charge in [-0.2, -0.15) is 5.10 Å². The van der Waals surface area contributed by atoms with E-state index in [4.69, 9.17) is 4.74 Å². The highest BCUT2D eigenvalue weighted by molar-refractivity contribution is 6.02. The van der Waals surface area contributed by atoms with Gasteiger partial charge in [0, 0.05) is 25.1 Å². The SMILES string of the molecule is Cc1nn2ccc(OCc3ccccn3)cc2c1C(=O)NC(CCO)c1ccc(F)cc1. The van der Waals surface area contributed by atoms with Gasteiger partial charge in [-0.05, 0) is 49.2 Å². The summed E-state index contributed by atoms with van der Waals surface area (Å²) in [4.78, 5) is 17.4. The molecule has 7 nitrogen and oxygen atoms in total. The van der Waals surface area contributed by atoms with E-state index in [2.05, 4.69) is 15.4 Å². The molecular weight excluding hydrogens is 411 g/mol. The van der Waals surface area contributed by atoms with Crippen LogP contribution < -0.4 is 10.1 Å². The van der Waals surface area contributed by atoms with E-state index in [1.165, 1.54) is 12.1 Å². The number of rotatable bonds is 8. The number of hydrogen-bond acceptors (Lipinski definition) is 5. The van der Waals surface area contributed by atoms with Crippen LogP contribution in [0.4, 0.5) is 4.39 Å². The van der Waals surface area contributed by atoms with Crippen molar-refractivity contribution in [1.82, 2.24) is 19.9 Å². The zero-order valence-corrected chi connectivity index (χ0v) is 17.5. The Morgan fingerprint density at radius 2 is 2.03 bits per heavy atom. The average Bonchev–Trinajstić information content (AvgIpc) is 3.13. The zero-order valence-electron chi connectivity index (χ0n) is 17.5. The summed E-state index contributed by atoms with van der Waals surface area (Å²) in [6.45, 7) is 1.94. The molecule has 0 saturated carbocycles. The van der Waals surface area contributed by atoms with Crippen molar-refractivity contribution in [2.45, 2.75) is 26.0 Å². The number of nitrogens with one attached hydrogen (secondary N) is 1. The van der Waals surface area contributed by atoms with Crippen molar-refractivity contribution in [2.24, 2.45) is 0 Å². The predicted molar refractivity (Wildman–Crippen MR) is 117 cm³/mol. The van der Waals surface area contributed by atoms with Crippen LogP contribution in [0.3, 0.4) is 0 Å². The summed E-state index contributed by atoms with van der Waals surface area (Å²) >= 11 is 0. The van der Waals surface area contributed by atoms with Crippen molar-refractivity contribution in [3.63, 3.8) is 0 Å². The number of aliphatic hydroxyl groups is 1. The van der Waals surface area contributed by atoms with Crippen molar-refractivity contribution in [3.8, 4) is 5.75 Å². The Hall–Kier alpha value is -3.78. The van der Waals surface area contributed by atoms with E-state index in [1.54, 1.807) is 48.1 Å². The molecule has 1 amide bonds. The van der Waals surface area contributed by atoms with Crippen molar-refractivity contribution in [1.29, 1.82) is 0 Å². The lowest BCUT2D eigenvalue weighted by Crippen LogP contribution is -2.29. The van der Waals surface area contributed by atoms with Crippen LogP contribution in [-0.4, -0.2) is 32.2 Å². The predicted octanol–water partition coefficient (Wildman–Crippen LogP) is 3.61. The summed E-state index contributed by atoms with van der Waals surface area (Å²) in [5.41, 5.74) is 3.08. The molecule has 0 bridgehead atoms. The van der Waals surface area contributed by atoms with Gasteiger partial charge >= 0.3 is 0 Å². The number of halogens is 1. The van der Waals surface area contributed by atoms with Gasteiger partial charge in [-0.15, -0.1) is 0 Å². The molecule has 0 aliphatic rings. The number of carbonyl (C=O) groups is 1. The quantitative estimate of drug-likeness (QED) is 0.442. The molecule has 1 unspecified atom stereocenters. The van der Waals surface area contributed by atoms with Gasteiger partial charge in [0.2, 0.25) is 0 Å². The Morgan fingerprint density at radius 1 is 1.22 bits per heavy atom. The molecule has 32 heavy (non-hydrogen) atoms. The van der Waals surface area contributed by atoms with Gasteiger partial charge in [0.25, 0.3) is 5.91 Å². The first kappa shape index (κ1) is 21.5. The third-order valence-corrected chi connectivity index (χ3v) is 5.12. The summed E-state index contributed by atoms with van der Waals surface area (Å²) in [5, 5.41) is 16.8. The monoisotopic (exact) mass is 434 g/mol. The van der Waals surface area contributed by atoms with Crippen LogP contribution in [0, 0.1) is 12.7 Å². The molecule has 0 saturated heterocycles. The van der Waals surface area contributed by atoms with Crippen molar-refractivity contribution in [3.05, 3.63) is 95.3 Å². The fourth-order valence-electron chi connectivity index (χ4n) is 3.53. The fraction of sp³-hybridized carbons (Fsp3) is 0.208. The highest BCUT2D eigenvalue weighted by Crippen LogP contribution is 2.23. The molecule has 8 heteroatoms. The van der Waals surface area contributed by atoms with E-state index >= 15 is 0 Å². The Kier molecular flexibility index (Phi) is 6.42. The lowest BCUT2D eigenvalue weighted by Gasteiger charge is -2.18. The van der Waals surface area contributed by atoms with E-state index in [0.717, 1.165) is 5.69 Å². The highest BCUT2D eigenvalue weighted by Gasteiger charge is 2.21.